The van der Waals surface area contributed by atoms with Crippen molar-refractivity contribution >= 4 is 28.8 Å². The van der Waals surface area contributed by atoms with E-state index in [-0.39, 0.29) is 12.2 Å². The molecule has 1 atom stereocenters. The average molecular weight is 440 g/mol. The predicted molar refractivity (Wildman–Crippen MR) is 129 cm³/mol. The van der Waals surface area contributed by atoms with Crippen LogP contribution in [0.25, 0.3) is 16.8 Å². The molecule has 4 rings (SSSR count). The largest absolute Gasteiger partial charge is 0.478 e. The number of nitrogens with one attached hydrogen (secondary N) is 1. The zero-order chi connectivity index (χ0) is 23.4. The number of aliphatic carboxylic acids is 1. The monoisotopic (exact) mass is 439 g/mol. The van der Waals surface area contributed by atoms with Gasteiger partial charge in [0.2, 0.25) is 0 Å². The molecule has 1 unspecified atom stereocenters. The van der Waals surface area contributed by atoms with E-state index in [4.69, 9.17) is 4.74 Å². The highest BCUT2D eigenvalue weighted by Gasteiger charge is 2.37. The number of carbonyl (C=O) groups is 2. The van der Waals surface area contributed by atoms with E-state index in [2.05, 4.69) is 5.32 Å². The molecule has 1 aliphatic rings. The number of carboxylic acids is 1. The fourth-order valence-electron chi connectivity index (χ4n) is 4.22. The fraction of sp³-hybridized carbons (Fsp3) is 0.143. The second kappa shape index (κ2) is 9.57. The lowest BCUT2D eigenvalue weighted by molar-refractivity contribution is -0.138. The van der Waals surface area contributed by atoms with E-state index < -0.39 is 17.9 Å². The highest BCUT2D eigenvalue weighted by molar-refractivity contribution is 5.99. The first-order chi connectivity index (χ1) is 16.0. The van der Waals surface area contributed by atoms with Crippen LogP contribution in [-0.4, -0.2) is 23.7 Å². The lowest BCUT2D eigenvalue weighted by Crippen LogP contribution is -2.31. The molecular formula is C28H25NO4. The van der Waals surface area contributed by atoms with Crippen molar-refractivity contribution in [3.8, 4) is 0 Å². The fourth-order valence-corrected chi connectivity index (χ4v) is 4.22. The summed E-state index contributed by atoms with van der Waals surface area (Å²) in [6.45, 7) is 3.57. The molecule has 5 heteroatoms. The van der Waals surface area contributed by atoms with Crippen molar-refractivity contribution in [2.24, 2.45) is 0 Å². The van der Waals surface area contributed by atoms with Crippen molar-refractivity contribution in [3.05, 3.63) is 113 Å². The molecule has 0 fully saturated rings. The third-order valence-electron chi connectivity index (χ3n) is 5.74. The summed E-state index contributed by atoms with van der Waals surface area (Å²) in [6.07, 6.45) is 3.64. The average Bonchev–Trinajstić information content (AvgIpc) is 2.81. The second-order valence-electron chi connectivity index (χ2n) is 7.96. The van der Waals surface area contributed by atoms with Crippen LogP contribution in [0.3, 0.4) is 0 Å². The molecule has 0 saturated carbocycles. The second-order valence-corrected chi connectivity index (χ2v) is 7.96. The van der Waals surface area contributed by atoms with Crippen molar-refractivity contribution in [2.75, 3.05) is 6.61 Å². The van der Waals surface area contributed by atoms with E-state index in [1.54, 1.807) is 19.9 Å². The molecule has 5 nitrogen and oxygen atoms in total. The molecule has 0 aromatic heterocycles. The van der Waals surface area contributed by atoms with E-state index in [1.165, 1.54) is 0 Å². The van der Waals surface area contributed by atoms with Crippen molar-refractivity contribution < 1.29 is 19.4 Å². The molecule has 0 amide bonds. The molecule has 0 saturated heterocycles. The highest BCUT2D eigenvalue weighted by atomic mass is 16.5. The van der Waals surface area contributed by atoms with E-state index >= 15 is 0 Å². The summed E-state index contributed by atoms with van der Waals surface area (Å²) in [4.78, 5) is 25.4. The van der Waals surface area contributed by atoms with Gasteiger partial charge in [0.15, 0.2) is 0 Å². The molecule has 0 radical (unpaired) electrons. The van der Waals surface area contributed by atoms with Gasteiger partial charge in [0, 0.05) is 11.4 Å². The SMILES string of the molecule is CC1=C(C(=O)O)C(c2ccc3ccccc3c2)C(C(=O)OC/C=C/c2ccccc2)=C(C)N1. The number of carbonyl (C=O) groups excluding carboxylic acids is 1. The summed E-state index contributed by atoms with van der Waals surface area (Å²) in [7, 11) is 0. The predicted octanol–water partition coefficient (Wildman–Crippen LogP) is 5.42. The number of fused-ring (bicyclic) bond motifs is 1. The van der Waals surface area contributed by atoms with Crippen molar-refractivity contribution in [1.82, 2.24) is 5.32 Å². The Morgan fingerprint density at radius 2 is 1.58 bits per heavy atom. The van der Waals surface area contributed by atoms with Crippen LogP contribution in [0, 0.1) is 0 Å². The third kappa shape index (κ3) is 4.72. The van der Waals surface area contributed by atoms with Gasteiger partial charge in [-0.1, -0.05) is 78.9 Å². The molecule has 0 aliphatic carbocycles. The van der Waals surface area contributed by atoms with Gasteiger partial charge < -0.3 is 15.2 Å². The number of carboxylic acid groups (broad SMARTS) is 1. The topological polar surface area (TPSA) is 75.6 Å². The smallest absolute Gasteiger partial charge is 0.337 e. The molecule has 0 bridgehead atoms. The van der Waals surface area contributed by atoms with Crippen LogP contribution in [0.4, 0.5) is 0 Å². The Bertz CT molecular complexity index is 1300. The minimum Gasteiger partial charge on any atom is -0.478 e. The summed E-state index contributed by atoms with van der Waals surface area (Å²) in [6, 6.07) is 23.3. The quantitative estimate of drug-likeness (QED) is 0.502. The normalized spacial score (nSPS) is 16.2. The molecule has 1 aliphatic heterocycles. The zero-order valence-electron chi connectivity index (χ0n) is 18.5. The van der Waals surface area contributed by atoms with Gasteiger partial charge in [-0.25, -0.2) is 9.59 Å². The molecule has 1 heterocycles. The zero-order valence-corrected chi connectivity index (χ0v) is 18.5. The first-order valence-electron chi connectivity index (χ1n) is 10.7. The van der Waals surface area contributed by atoms with Gasteiger partial charge in [-0.2, -0.15) is 0 Å². The van der Waals surface area contributed by atoms with Gasteiger partial charge in [0.05, 0.1) is 17.1 Å². The minimum atomic E-state index is -1.07. The Morgan fingerprint density at radius 1 is 0.909 bits per heavy atom. The Morgan fingerprint density at radius 3 is 2.30 bits per heavy atom. The van der Waals surface area contributed by atoms with Crippen molar-refractivity contribution in [2.45, 2.75) is 19.8 Å². The number of rotatable bonds is 6. The molecule has 0 spiro atoms. The summed E-state index contributed by atoms with van der Waals surface area (Å²) < 4.78 is 5.54. The molecule has 2 N–H and O–H groups in total. The summed E-state index contributed by atoms with van der Waals surface area (Å²) in [5.74, 6) is -2.35. The van der Waals surface area contributed by atoms with Gasteiger partial charge >= 0.3 is 11.9 Å². The molecule has 33 heavy (non-hydrogen) atoms. The van der Waals surface area contributed by atoms with E-state index in [0.29, 0.717) is 17.0 Å². The van der Waals surface area contributed by atoms with Gasteiger partial charge in [0.1, 0.15) is 6.61 Å². The van der Waals surface area contributed by atoms with Gasteiger partial charge in [-0.3, -0.25) is 0 Å². The molecular weight excluding hydrogens is 414 g/mol. The van der Waals surface area contributed by atoms with Gasteiger partial charge in [-0.15, -0.1) is 0 Å². The van der Waals surface area contributed by atoms with Crippen molar-refractivity contribution in [3.63, 3.8) is 0 Å². The number of esters is 1. The number of benzene rings is 3. The first kappa shape index (κ1) is 22.1. The van der Waals surface area contributed by atoms with Gasteiger partial charge in [0.25, 0.3) is 0 Å². The lowest BCUT2D eigenvalue weighted by Gasteiger charge is -2.29. The maximum absolute atomic E-state index is 13.2. The minimum absolute atomic E-state index is 0.0834. The maximum Gasteiger partial charge on any atom is 0.337 e. The van der Waals surface area contributed by atoms with E-state index in [1.807, 2.05) is 78.9 Å². The number of ether oxygens (including phenoxy) is 1. The highest BCUT2D eigenvalue weighted by Crippen LogP contribution is 2.39. The van der Waals surface area contributed by atoms with Crippen LogP contribution < -0.4 is 5.32 Å². The maximum atomic E-state index is 13.2. The number of hydrogen-bond donors (Lipinski definition) is 2. The summed E-state index contributed by atoms with van der Waals surface area (Å²) in [5.41, 5.74) is 3.29. The number of dihydropyridines is 1. The Kier molecular flexibility index (Phi) is 6.41. The Labute approximate surface area is 192 Å². The Balaban J connectivity index is 1.66. The first-order valence-corrected chi connectivity index (χ1v) is 10.7. The van der Waals surface area contributed by atoms with Crippen LogP contribution in [0.5, 0.6) is 0 Å². The van der Waals surface area contributed by atoms with E-state index in [9.17, 15) is 14.7 Å². The number of hydrogen-bond acceptors (Lipinski definition) is 4. The molecule has 166 valence electrons. The third-order valence-corrected chi connectivity index (χ3v) is 5.74. The van der Waals surface area contributed by atoms with Crippen LogP contribution in [0.2, 0.25) is 0 Å². The lowest BCUT2D eigenvalue weighted by atomic mass is 9.80. The van der Waals surface area contributed by atoms with Crippen LogP contribution in [0.15, 0.2) is 101 Å². The van der Waals surface area contributed by atoms with Crippen LogP contribution >= 0.6 is 0 Å². The van der Waals surface area contributed by atoms with Crippen molar-refractivity contribution in [1.29, 1.82) is 0 Å². The number of allylic oxidation sites excluding steroid dienone is 2. The standard InChI is InChI=1S/C28H25NO4/c1-18-24(27(30)31)26(23-15-14-21-12-6-7-13-22(21)17-23)25(19(2)29-18)28(32)33-16-8-11-20-9-4-3-5-10-20/h3-15,17,26,29H,16H2,1-2H3,(H,30,31)/b11-8+. The van der Waals surface area contributed by atoms with Crippen LogP contribution in [0.1, 0.15) is 30.9 Å². The van der Waals surface area contributed by atoms with E-state index in [0.717, 1.165) is 21.9 Å². The molecule has 3 aromatic rings. The van der Waals surface area contributed by atoms with Gasteiger partial charge in [-0.05, 0) is 41.8 Å². The summed E-state index contributed by atoms with van der Waals surface area (Å²) in [5, 5.41) is 15.1. The summed E-state index contributed by atoms with van der Waals surface area (Å²) >= 11 is 0. The molecule has 3 aromatic carbocycles. The van der Waals surface area contributed by atoms with Crippen LogP contribution in [-0.2, 0) is 14.3 Å². The Hall–Kier alpha value is -4.12.